The van der Waals surface area contributed by atoms with Gasteiger partial charge in [0.05, 0.1) is 40.8 Å². The summed E-state index contributed by atoms with van der Waals surface area (Å²) in [7, 11) is -4.17. The number of dihydropyridines is 1. The zero-order chi connectivity index (χ0) is 30.3. The van der Waals surface area contributed by atoms with Crippen molar-refractivity contribution in [3.8, 4) is 0 Å². The van der Waals surface area contributed by atoms with Crippen LogP contribution in [0.1, 0.15) is 55.1 Å². The predicted octanol–water partition coefficient (Wildman–Crippen LogP) is 4.28. The lowest BCUT2D eigenvalue weighted by atomic mass is 9.78. The van der Waals surface area contributed by atoms with Crippen LogP contribution in [-0.2, 0) is 35.3 Å². The molecule has 0 saturated carbocycles. The van der Waals surface area contributed by atoms with Gasteiger partial charge < -0.3 is 14.8 Å². The van der Waals surface area contributed by atoms with Gasteiger partial charge in [-0.25, -0.2) is 22.3 Å². The molecule has 218 valence electrons. The van der Waals surface area contributed by atoms with Crippen LogP contribution in [-0.4, -0.2) is 49.8 Å². The molecule has 1 unspecified atom stereocenters. The number of hydrogen-bond acceptors (Lipinski definition) is 8. The lowest BCUT2D eigenvalue weighted by Crippen LogP contribution is -2.36. The number of esters is 2. The molecule has 0 aliphatic carbocycles. The zero-order valence-corrected chi connectivity index (χ0v) is 23.4. The van der Waals surface area contributed by atoms with Crippen LogP contribution < -0.4 is 5.32 Å². The molecular weight excluding hydrogens is 565 g/mol. The Balaban J connectivity index is 1.68. The summed E-state index contributed by atoms with van der Waals surface area (Å²) in [6.45, 7) is 4.96. The van der Waals surface area contributed by atoms with Gasteiger partial charge in [0.1, 0.15) is 11.5 Å². The largest absolute Gasteiger partial charge is 0.460 e. The molecule has 2 aromatic carbocycles. The van der Waals surface area contributed by atoms with Crippen LogP contribution in [0.15, 0.2) is 76.0 Å². The number of benzene rings is 2. The summed E-state index contributed by atoms with van der Waals surface area (Å²) >= 11 is 0. The van der Waals surface area contributed by atoms with Crippen molar-refractivity contribution in [2.75, 3.05) is 13.2 Å². The summed E-state index contributed by atoms with van der Waals surface area (Å²) in [4.78, 5) is 39.1. The second kappa shape index (κ2) is 11.0. The Hall–Kier alpha value is -4.13. The lowest BCUT2D eigenvalue weighted by Gasteiger charge is -2.32. The molecule has 9 nitrogen and oxygen atoms in total. The molecule has 0 aromatic heterocycles. The molecule has 0 spiro atoms. The second-order valence-corrected chi connectivity index (χ2v) is 11.5. The highest BCUT2D eigenvalue weighted by molar-refractivity contribution is 7.90. The Morgan fingerprint density at radius 3 is 2.17 bits per heavy atom. The van der Waals surface area contributed by atoms with E-state index in [9.17, 15) is 36.0 Å². The van der Waals surface area contributed by atoms with E-state index in [0.717, 1.165) is 6.07 Å². The van der Waals surface area contributed by atoms with Crippen molar-refractivity contribution in [3.05, 3.63) is 87.8 Å². The van der Waals surface area contributed by atoms with Gasteiger partial charge in [-0.05, 0) is 51.5 Å². The van der Waals surface area contributed by atoms with Crippen molar-refractivity contribution in [2.24, 2.45) is 0 Å². The van der Waals surface area contributed by atoms with Gasteiger partial charge in [0, 0.05) is 11.4 Å². The fourth-order valence-corrected chi connectivity index (χ4v) is 6.43. The second-order valence-electron chi connectivity index (χ2n) is 9.69. The SMILES string of the molecule is CC1=C(C(=O)OCCN2C(=O)c3ccccc3S2(=O)=O)C(c2ccccc2C(F)(F)F)C(C(=O)OC(C)C)=C(C)N1. The lowest BCUT2D eigenvalue weighted by molar-refractivity contribution is -0.144. The van der Waals surface area contributed by atoms with E-state index in [-0.39, 0.29) is 38.6 Å². The molecule has 1 amide bonds. The Kier molecular flexibility index (Phi) is 8.03. The normalized spacial score (nSPS) is 18.4. The van der Waals surface area contributed by atoms with E-state index in [1.807, 2.05) is 0 Å². The molecule has 0 bridgehead atoms. The van der Waals surface area contributed by atoms with E-state index in [1.165, 1.54) is 56.3 Å². The maximum absolute atomic E-state index is 14.1. The van der Waals surface area contributed by atoms with Crippen LogP contribution in [0.25, 0.3) is 0 Å². The van der Waals surface area contributed by atoms with Gasteiger partial charge in [-0.15, -0.1) is 0 Å². The Morgan fingerprint density at radius 1 is 0.976 bits per heavy atom. The number of halogens is 3. The van der Waals surface area contributed by atoms with Crippen molar-refractivity contribution < 1.29 is 45.4 Å². The third kappa shape index (κ3) is 5.58. The minimum atomic E-state index is -4.81. The molecule has 0 fully saturated rings. The van der Waals surface area contributed by atoms with Crippen LogP contribution in [0.2, 0.25) is 0 Å². The molecule has 0 saturated heterocycles. The van der Waals surface area contributed by atoms with Crippen LogP contribution >= 0.6 is 0 Å². The molecule has 2 aromatic rings. The van der Waals surface area contributed by atoms with E-state index in [0.29, 0.717) is 4.31 Å². The van der Waals surface area contributed by atoms with Gasteiger partial charge in [0.2, 0.25) is 0 Å². The molecule has 2 aliphatic heterocycles. The van der Waals surface area contributed by atoms with Gasteiger partial charge in [0.25, 0.3) is 15.9 Å². The maximum Gasteiger partial charge on any atom is 0.416 e. The molecule has 0 radical (unpaired) electrons. The summed E-state index contributed by atoms with van der Waals surface area (Å²) in [6.07, 6.45) is -5.42. The third-order valence-corrected chi connectivity index (χ3v) is 8.40. The summed E-state index contributed by atoms with van der Waals surface area (Å²) < 4.78 is 79.1. The first kappa shape index (κ1) is 29.8. The number of fused-ring (bicyclic) bond motifs is 1. The molecule has 2 heterocycles. The van der Waals surface area contributed by atoms with Crippen LogP contribution in [0.4, 0.5) is 13.2 Å². The van der Waals surface area contributed by atoms with Gasteiger partial charge in [-0.3, -0.25) is 4.79 Å². The first-order valence-corrected chi connectivity index (χ1v) is 14.0. The average Bonchev–Trinajstić information content (AvgIpc) is 3.07. The number of amides is 1. The highest BCUT2D eigenvalue weighted by atomic mass is 32.2. The summed E-state index contributed by atoms with van der Waals surface area (Å²) in [5.74, 6) is -4.33. The highest BCUT2D eigenvalue weighted by Gasteiger charge is 2.44. The minimum Gasteiger partial charge on any atom is -0.460 e. The van der Waals surface area contributed by atoms with E-state index < -0.39 is 64.8 Å². The predicted molar refractivity (Wildman–Crippen MR) is 140 cm³/mol. The number of allylic oxidation sites excluding steroid dienone is 2. The number of nitrogens with zero attached hydrogens (tertiary/aromatic N) is 1. The van der Waals surface area contributed by atoms with Crippen molar-refractivity contribution in [1.29, 1.82) is 0 Å². The third-order valence-electron chi connectivity index (χ3n) is 6.56. The quantitative estimate of drug-likeness (QED) is 0.474. The van der Waals surface area contributed by atoms with Gasteiger partial charge >= 0.3 is 18.1 Å². The van der Waals surface area contributed by atoms with Crippen molar-refractivity contribution >= 4 is 27.9 Å². The summed E-state index contributed by atoms with van der Waals surface area (Å²) in [5.41, 5.74) is -1.62. The average molecular weight is 593 g/mol. The Morgan fingerprint density at radius 2 is 1.56 bits per heavy atom. The van der Waals surface area contributed by atoms with Gasteiger partial charge in [-0.2, -0.15) is 13.2 Å². The van der Waals surface area contributed by atoms with Gasteiger partial charge in [-0.1, -0.05) is 30.3 Å². The van der Waals surface area contributed by atoms with Crippen LogP contribution in [0.5, 0.6) is 0 Å². The fourth-order valence-electron chi connectivity index (χ4n) is 4.88. The van der Waals surface area contributed by atoms with E-state index in [4.69, 9.17) is 9.47 Å². The molecule has 13 heteroatoms. The minimum absolute atomic E-state index is 0.0217. The molecule has 4 rings (SSSR count). The van der Waals surface area contributed by atoms with Crippen LogP contribution in [0, 0.1) is 0 Å². The fraction of sp³-hybridized carbons (Fsp3) is 0.321. The number of nitrogens with one attached hydrogen (secondary N) is 1. The van der Waals surface area contributed by atoms with Crippen molar-refractivity contribution in [1.82, 2.24) is 9.62 Å². The van der Waals surface area contributed by atoms with E-state index in [1.54, 1.807) is 13.8 Å². The number of hydrogen-bond donors (Lipinski definition) is 1. The Bertz CT molecular complexity index is 1590. The number of carbonyl (C=O) groups is 3. The number of carbonyl (C=O) groups excluding carboxylic acids is 3. The Labute approximate surface area is 234 Å². The smallest absolute Gasteiger partial charge is 0.416 e. The number of sulfonamides is 1. The van der Waals surface area contributed by atoms with E-state index >= 15 is 0 Å². The standard InChI is InChI=1S/C28H27F3N2O7S/c1-15(2)40-27(36)23-17(4)32-16(3)22(24(23)18-9-5-7-11-20(18)28(29,30)31)26(35)39-14-13-33-25(34)19-10-6-8-12-21(19)41(33,37)38/h5-12,15,24,32H,13-14H2,1-4H3. The van der Waals surface area contributed by atoms with Crippen molar-refractivity contribution in [2.45, 2.75) is 50.8 Å². The maximum atomic E-state index is 14.1. The number of rotatable bonds is 7. The zero-order valence-electron chi connectivity index (χ0n) is 22.5. The number of alkyl halides is 3. The van der Waals surface area contributed by atoms with Crippen molar-refractivity contribution in [3.63, 3.8) is 0 Å². The van der Waals surface area contributed by atoms with E-state index in [2.05, 4.69) is 5.32 Å². The molecule has 1 N–H and O–H groups in total. The van der Waals surface area contributed by atoms with Crippen LogP contribution in [0.3, 0.4) is 0 Å². The first-order valence-electron chi connectivity index (χ1n) is 12.5. The molecule has 2 aliphatic rings. The molecule has 1 atom stereocenters. The summed E-state index contributed by atoms with van der Waals surface area (Å²) in [5, 5.41) is 2.85. The summed E-state index contributed by atoms with van der Waals surface area (Å²) in [6, 6.07) is 10.2. The first-order chi connectivity index (χ1) is 19.2. The van der Waals surface area contributed by atoms with Gasteiger partial charge in [0.15, 0.2) is 0 Å². The molecule has 41 heavy (non-hydrogen) atoms. The molecular formula is C28H27F3N2O7S. The topological polar surface area (TPSA) is 119 Å². The number of ether oxygens (including phenoxy) is 2. The highest BCUT2D eigenvalue weighted by Crippen LogP contribution is 2.44. The monoisotopic (exact) mass is 592 g/mol.